The van der Waals surface area contributed by atoms with Crippen molar-refractivity contribution in [2.24, 2.45) is 5.92 Å². The highest BCUT2D eigenvalue weighted by atomic mass is 16.5. The highest BCUT2D eigenvalue weighted by Gasteiger charge is 2.28. The van der Waals surface area contributed by atoms with Crippen LogP contribution in [0.2, 0.25) is 0 Å². The van der Waals surface area contributed by atoms with E-state index in [9.17, 15) is 4.79 Å². The van der Waals surface area contributed by atoms with Crippen LogP contribution in [0.3, 0.4) is 0 Å². The molecule has 1 atom stereocenters. The molecule has 0 saturated carbocycles. The quantitative estimate of drug-likeness (QED) is 0.700. The van der Waals surface area contributed by atoms with Crippen LogP contribution in [0.1, 0.15) is 12.2 Å². The summed E-state index contributed by atoms with van der Waals surface area (Å²) in [4.78, 5) is 22.7. The highest BCUT2D eigenvalue weighted by molar-refractivity contribution is 5.92. The fourth-order valence-corrected chi connectivity index (χ4v) is 3.27. The van der Waals surface area contributed by atoms with E-state index in [0.29, 0.717) is 31.1 Å². The Morgan fingerprint density at radius 3 is 2.79 bits per heavy atom. The molecule has 0 aliphatic carbocycles. The van der Waals surface area contributed by atoms with Crippen LogP contribution in [0.15, 0.2) is 47.4 Å². The number of aromatic nitrogens is 3. The molecule has 3 aromatic rings. The highest BCUT2D eigenvalue weighted by Crippen LogP contribution is 2.27. The van der Waals surface area contributed by atoms with Gasteiger partial charge in [-0.25, -0.2) is 4.98 Å². The molecule has 1 N–H and O–H groups in total. The molecule has 1 aliphatic heterocycles. The van der Waals surface area contributed by atoms with E-state index in [4.69, 9.17) is 9.78 Å². The van der Waals surface area contributed by atoms with Crippen molar-refractivity contribution in [3.8, 4) is 28.6 Å². The minimum Gasteiger partial charge on any atom is -0.361 e. The lowest BCUT2D eigenvalue weighted by Gasteiger charge is -2.11. The Labute approximate surface area is 161 Å². The van der Waals surface area contributed by atoms with Gasteiger partial charge in [0.2, 0.25) is 5.91 Å². The third kappa shape index (κ3) is 3.55. The number of amides is 1. The van der Waals surface area contributed by atoms with E-state index in [1.807, 2.05) is 31.2 Å². The number of carbonyl (C=O) groups is 1. The maximum atomic E-state index is 12.5. The number of hydrogen-bond acceptors (Lipinski definition) is 7. The molecule has 1 amide bonds. The van der Waals surface area contributed by atoms with Gasteiger partial charge < -0.3 is 14.7 Å². The summed E-state index contributed by atoms with van der Waals surface area (Å²) >= 11 is 0. The molecule has 0 bridgehead atoms. The van der Waals surface area contributed by atoms with E-state index >= 15 is 0 Å². The summed E-state index contributed by atoms with van der Waals surface area (Å²) in [6, 6.07) is 7.55. The van der Waals surface area contributed by atoms with Gasteiger partial charge in [-0.1, -0.05) is 5.16 Å². The van der Waals surface area contributed by atoms with Crippen molar-refractivity contribution < 1.29 is 9.32 Å². The summed E-state index contributed by atoms with van der Waals surface area (Å²) in [5, 5.41) is 15.6. The fraction of sp³-hybridized carbons (Fsp3) is 0.250. The second kappa shape index (κ2) is 7.48. The Bertz CT molecular complexity index is 1050. The molecule has 0 unspecified atom stereocenters. The van der Waals surface area contributed by atoms with Gasteiger partial charge >= 0.3 is 0 Å². The molecule has 1 fully saturated rings. The van der Waals surface area contributed by atoms with Crippen LogP contribution in [0, 0.1) is 24.3 Å². The summed E-state index contributed by atoms with van der Waals surface area (Å²) in [6.45, 7) is 2.91. The standard InChI is InChI=1S/C20H18N6O2/c1-13-17(10-24-28-13)18-8-14(2-5-22-18)15-3-6-23-19(9-15)25-20(27)16-4-7-26(11-16)12-21/h2-3,5-6,8-10,16H,4,7,11H2,1H3,(H,23,25,27)/t16-/m0/s1. The average molecular weight is 374 g/mol. The summed E-state index contributed by atoms with van der Waals surface area (Å²) in [5.74, 6) is 0.875. The minimum absolute atomic E-state index is 0.113. The molecule has 140 valence electrons. The summed E-state index contributed by atoms with van der Waals surface area (Å²) in [5.41, 5.74) is 3.46. The SMILES string of the molecule is Cc1oncc1-c1cc(-c2ccnc(NC(=O)[C@H]3CCN(C#N)C3)c2)ccn1. The van der Waals surface area contributed by atoms with Crippen molar-refractivity contribution in [3.63, 3.8) is 0 Å². The van der Waals surface area contributed by atoms with Gasteiger partial charge in [-0.2, -0.15) is 5.26 Å². The van der Waals surface area contributed by atoms with Crippen molar-refractivity contribution >= 4 is 11.7 Å². The van der Waals surface area contributed by atoms with Gasteiger partial charge in [-0.05, 0) is 48.7 Å². The maximum Gasteiger partial charge on any atom is 0.230 e. The van der Waals surface area contributed by atoms with Crippen LogP contribution in [-0.2, 0) is 4.79 Å². The van der Waals surface area contributed by atoms with Gasteiger partial charge in [-0.3, -0.25) is 9.78 Å². The summed E-state index contributed by atoms with van der Waals surface area (Å²) in [6.07, 6.45) is 7.79. The van der Waals surface area contributed by atoms with E-state index < -0.39 is 0 Å². The predicted molar refractivity (Wildman–Crippen MR) is 102 cm³/mol. The van der Waals surface area contributed by atoms with Gasteiger partial charge in [-0.15, -0.1) is 0 Å². The lowest BCUT2D eigenvalue weighted by Crippen LogP contribution is -2.25. The van der Waals surface area contributed by atoms with Crippen LogP contribution < -0.4 is 5.32 Å². The van der Waals surface area contributed by atoms with Crippen molar-refractivity contribution in [3.05, 3.63) is 48.6 Å². The molecule has 4 heterocycles. The zero-order valence-corrected chi connectivity index (χ0v) is 15.3. The second-order valence-corrected chi connectivity index (χ2v) is 6.68. The van der Waals surface area contributed by atoms with Crippen LogP contribution in [0.4, 0.5) is 5.82 Å². The number of nitrogens with one attached hydrogen (secondary N) is 1. The Balaban J connectivity index is 1.54. The third-order valence-electron chi connectivity index (χ3n) is 4.83. The van der Waals surface area contributed by atoms with E-state index in [-0.39, 0.29) is 11.8 Å². The molecule has 0 radical (unpaired) electrons. The first kappa shape index (κ1) is 17.7. The van der Waals surface area contributed by atoms with Crippen LogP contribution in [-0.4, -0.2) is 39.0 Å². The molecule has 0 aromatic carbocycles. The molecule has 1 saturated heterocycles. The molecule has 3 aromatic heterocycles. The largest absolute Gasteiger partial charge is 0.361 e. The minimum atomic E-state index is -0.200. The summed E-state index contributed by atoms with van der Waals surface area (Å²) < 4.78 is 5.12. The number of aryl methyl sites for hydroxylation is 1. The Morgan fingerprint density at radius 1 is 1.29 bits per heavy atom. The molecule has 8 nitrogen and oxygen atoms in total. The molecule has 28 heavy (non-hydrogen) atoms. The van der Waals surface area contributed by atoms with Gasteiger partial charge in [0, 0.05) is 25.5 Å². The molecule has 0 spiro atoms. The zero-order valence-electron chi connectivity index (χ0n) is 15.3. The second-order valence-electron chi connectivity index (χ2n) is 6.68. The lowest BCUT2D eigenvalue weighted by atomic mass is 10.0. The van der Waals surface area contributed by atoms with Crippen LogP contribution in [0.25, 0.3) is 22.4 Å². The van der Waals surface area contributed by atoms with Crippen molar-refractivity contribution in [2.75, 3.05) is 18.4 Å². The predicted octanol–water partition coefficient (Wildman–Crippen LogP) is 2.85. The molecular weight excluding hydrogens is 356 g/mol. The normalized spacial score (nSPS) is 16.0. The number of pyridine rings is 2. The summed E-state index contributed by atoms with van der Waals surface area (Å²) in [7, 11) is 0. The molecule has 1 aliphatic rings. The number of nitrogens with zero attached hydrogens (tertiary/aromatic N) is 5. The number of likely N-dealkylation sites (tertiary alicyclic amines) is 1. The van der Waals surface area contributed by atoms with Crippen molar-refractivity contribution in [1.29, 1.82) is 5.26 Å². The number of nitriles is 1. The van der Waals surface area contributed by atoms with Gasteiger partial charge in [0.05, 0.1) is 23.4 Å². The zero-order chi connectivity index (χ0) is 19.5. The molecule has 4 rings (SSSR count). The van der Waals surface area contributed by atoms with Gasteiger partial charge in [0.25, 0.3) is 0 Å². The van der Waals surface area contributed by atoms with E-state index in [1.54, 1.807) is 23.5 Å². The maximum absolute atomic E-state index is 12.5. The topological polar surface area (TPSA) is 108 Å². The lowest BCUT2D eigenvalue weighted by molar-refractivity contribution is -0.119. The van der Waals surface area contributed by atoms with E-state index in [1.165, 1.54) is 0 Å². The van der Waals surface area contributed by atoms with Gasteiger partial charge in [0.1, 0.15) is 11.6 Å². The first-order chi connectivity index (χ1) is 13.6. The van der Waals surface area contributed by atoms with Crippen LogP contribution in [0.5, 0.6) is 0 Å². The monoisotopic (exact) mass is 374 g/mol. The fourth-order valence-electron chi connectivity index (χ4n) is 3.27. The van der Waals surface area contributed by atoms with Gasteiger partial charge in [0.15, 0.2) is 6.19 Å². The number of carbonyl (C=O) groups excluding carboxylic acids is 1. The van der Waals surface area contributed by atoms with Crippen molar-refractivity contribution in [2.45, 2.75) is 13.3 Å². The third-order valence-corrected chi connectivity index (χ3v) is 4.83. The Morgan fingerprint density at radius 2 is 2.07 bits per heavy atom. The first-order valence-corrected chi connectivity index (χ1v) is 8.93. The van der Waals surface area contributed by atoms with E-state index in [0.717, 1.165) is 22.4 Å². The Kier molecular flexibility index (Phi) is 4.72. The van der Waals surface area contributed by atoms with E-state index in [2.05, 4.69) is 26.6 Å². The molecular formula is C20H18N6O2. The Hall–Kier alpha value is -3.73. The number of anilines is 1. The average Bonchev–Trinajstić information content (AvgIpc) is 3.37. The first-order valence-electron chi connectivity index (χ1n) is 8.93. The number of hydrogen-bond donors (Lipinski definition) is 1. The smallest absolute Gasteiger partial charge is 0.230 e. The van der Waals surface area contributed by atoms with Crippen LogP contribution >= 0.6 is 0 Å². The molecule has 8 heteroatoms. The van der Waals surface area contributed by atoms with Crippen molar-refractivity contribution in [1.82, 2.24) is 20.0 Å². The number of rotatable bonds is 4.